The highest BCUT2D eigenvalue weighted by atomic mass is 17.1. The minimum absolute atomic E-state index is 0.385. The molecule has 3 heteroatoms. The quantitative estimate of drug-likeness (QED) is 0.554. The van der Waals surface area contributed by atoms with Crippen LogP contribution in [-0.4, -0.2) is 17.7 Å². The first kappa shape index (κ1) is 14.3. The number of fused-ring (bicyclic) bond motifs is 1. The van der Waals surface area contributed by atoms with Crippen molar-refractivity contribution in [2.45, 2.75) is 82.8 Å². The Labute approximate surface area is 111 Å². The summed E-state index contributed by atoms with van der Waals surface area (Å²) in [5.74, 6) is -0.298. The maximum Gasteiger partial charge on any atom is 0.204 e. The first-order chi connectivity index (χ1) is 8.87. The lowest BCUT2D eigenvalue weighted by molar-refractivity contribution is -0.431. The summed E-state index contributed by atoms with van der Waals surface area (Å²) < 4.78 is 5.85. The maximum atomic E-state index is 9.36. The Morgan fingerprint density at radius 2 is 1.44 bits per heavy atom. The molecule has 1 saturated carbocycles. The zero-order valence-electron chi connectivity index (χ0n) is 11.5. The molecule has 0 radical (unpaired) electrons. The molecule has 1 aliphatic heterocycles. The number of hydrogen-bond acceptors (Lipinski definition) is 3. The van der Waals surface area contributed by atoms with Crippen molar-refractivity contribution in [3.05, 3.63) is 0 Å². The second-order valence-electron chi connectivity index (χ2n) is 5.96. The van der Waals surface area contributed by atoms with E-state index in [0.29, 0.717) is 5.92 Å². The lowest BCUT2D eigenvalue weighted by Crippen LogP contribution is -2.46. The molecule has 0 spiro atoms. The van der Waals surface area contributed by atoms with Crippen LogP contribution in [0.3, 0.4) is 0 Å². The van der Waals surface area contributed by atoms with Gasteiger partial charge in [-0.15, -0.1) is 0 Å². The summed E-state index contributed by atoms with van der Waals surface area (Å²) in [6, 6.07) is 0. The molecule has 2 aliphatic rings. The van der Waals surface area contributed by atoms with Crippen LogP contribution in [0.25, 0.3) is 0 Å². The molecule has 0 amide bonds. The first-order valence-corrected chi connectivity index (χ1v) is 7.84. The second-order valence-corrected chi connectivity index (χ2v) is 5.96. The molecule has 0 unspecified atom stereocenters. The molecular formula is C15H28O3. The fourth-order valence-corrected chi connectivity index (χ4v) is 3.52. The molecular weight excluding hydrogens is 228 g/mol. The second kappa shape index (κ2) is 7.46. The number of ether oxygens (including phenoxy) is 1. The van der Waals surface area contributed by atoms with E-state index in [1.807, 2.05) is 0 Å². The van der Waals surface area contributed by atoms with Crippen LogP contribution < -0.4 is 0 Å². The van der Waals surface area contributed by atoms with Crippen molar-refractivity contribution in [1.29, 1.82) is 0 Å². The molecule has 0 aromatic carbocycles. The first-order valence-electron chi connectivity index (χ1n) is 7.84. The van der Waals surface area contributed by atoms with Crippen LogP contribution in [-0.2, 0) is 9.62 Å². The van der Waals surface area contributed by atoms with Gasteiger partial charge in [0.25, 0.3) is 0 Å². The van der Waals surface area contributed by atoms with Crippen molar-refractivity contribution in [2.75, 3.05) is 6.61 Å². The van der Waals surface area contributed by atoms with E-state index in [1.165, 1.54) is 44.9 Å². The van der Waals surface area contributed by atoms with Crippen LogP contribution in [0.2, 0.25) is 0 Å². The molecule has 1 aliphatic carbocycles. The van der Waals surface area contributed by atoms with Crippen molar-refractivity contribution in [3.63, 3.8) is 0 Å². The standard InChI is InChI=1S/C15H28O3/c16-18-15-12-8-6-4-2-1-3-5-7-10-14(15)11-9-13-17-15/h14,16H,1-13H2/t14-,15-/m1/s1. The summed E-state index contributed by atoms with van der Waals surface area (Å²) >= 11 is 0. The van der Waals surface area contributed by atoms with Gasteiger partial charge in [-0.2, -0.15) is 0 Å². The highest BCUT2D eigenvalue weighted by Gasteiger charge is 2.43. The van der Waals surface area contributed by atoms with Gasteiger partial charge in [0.05, 0.1) is 6.61 Å². The minimum Gasteiger partial charge on any atom is -0.347 e. The highest BCUT2D eigenvalue weighted by molar-refractivity contribution is 4.82. The van der Waals surface area contributed by atoms with E-state index in [2.05, 4.69) is 0 Å². The van der Waals surface area contributed by atoms with Gasteiger partial charge in [0, 0.05) is 12.3 Å². The Hall–Kier alpha value is -0.120. The van der Waals surface area contributed by atoms with Gasteiger partial charge in [0.1, 0.15) is 0 Å². The molecule has 3 nitrogen and oxygen atoms in total. The van der Waals surface area contributed by atoms with Crippen LogP contribution >= 0.6 is 0 Å². The van der Waals surface area contributed by atoms with Crippen LogP contribution in [0.1, 0.15) is 77.0 Å². The normalized spacial score (nSPS) is 36.2. The zero-order chi connectivity index (χ0) is 12.7. The monoisotopic (exact) mass is 256 g/mol. The Balaban J connectivity index is 1.97. The molecule has 0 aromatic rings. The molecule has 1 N–H and O–H groups in total. The average molecular weight is 256 g/mol. The summed E-state index contributed by atoms with van der Waals surface area (Å²) in [4.78, 5) is 4.86. The predicted octanol–water partition coefficient (Wildman–Crippen LogP) is 4.51. The number of rotatable bonds is 1. The van der Waals surface area contributed by atoms with Crippen LogP contribution in [0.15, 0.2) is 0 Å². The predicted molar refractivity (Wildman–Crippen MR) is 71.3 cm³/mol. The molecule has 106 valence electrons. The van der Waals surface area contributed by atoms with Crippen LogP contribution in [0.5, 0.6) is 0 Å². The zero-order valence-corrected chi connectivity index (χ0v) is 11.5. The lowest BCUT2D eigenvalue weighted by atomic mass is 9.83. The molecule has 2 fully saturated rings. The topological polar surface area (TPSA) is 38.7 Å². The van der Waals surface area contributed by atoms with Crippen LogP contribution in [0, 0.1) is 5.92 Å². The van der Waals surface area contributed by atoms with Crippen molar-refractivity contribution < 1.29 is 14.9 Å². The molecule has 2 atom stereocenters. The fourth-order valence-electron chi connectivity index (χ4n) is 3.52. The van der Waals surface area contributed by atoms with E-state index in [4.69, 9.17) is 9.62 Å². The van der Waals surface area contributed by atoms with Gasteiger partial charge >= 0.3 is 0 Å². The molecule has 2 rings (SSSR count). The molecule has 18 heavy (non-hydrogen) atoms. The summed E-state index contributed by atoms with van der Waals surface area (Å²) in [6.07, 6.45) is 14.6. The third kappa shape index (κ3) is 3.69. The number of hydrogen-bond donors (Lipinski definition) is 1. The van der Waals surface area contributed by atoms with Crippen molar-refractivity contribution >= 4 is 0 Å². The minimum atomic E-state index is -0.683. The van der Waals surface area contributed by atoms with E-state index < -0.39 is 5.79 Å². The van der Waals surface area contributed by atoms with Gasteiger partial charge in [-0.25, -0.2) is 10.1 Å². The van der Waals surface area contributed by atoms with E-state index >= 15 is 0 Å². The largest absolute Gasteiger partial charge is 0.347 e. The lowest BCUT2D eigenvalue weighted by Gasteiger charge is -2.41. The van der Waals surface area contributed by atoms with E-state index in [1.54, 1.807) is 0 Å². The van der Waals surface area contributed by atoms with Gasteiger partial charge in [-0.1, -0.05) is 44.9 Å². The maximum absolute atomic E-state index is 9.36. The molecule has 0 aromatic heterocycles. The van der Waals surface area contributed by atoms with E-state index in [9.17, 15) is 5.26 Å². The van der Waals surface area contributed by atoms with Crippen molar-refractivity contribution in [1.82, 2.24) is 0 Å². The third-order valence-electron chi connectivity index (χ3n) is 4.65. The Kier molecular flexibility index (Phi) is 5.93. The van der Waals surface area contributed by atoms with Crippen molar-refractivity contribution in [2.24, 2.45) is 5.92 Å². The molecule has 1 saturated heterocycles. The van der Waals surface area contributed by atoms with Gasteiger partial charge in [-0.05, 0) is 25.7 Å². The van der Waals surface area contributed by atoms with E-state index in [0.717, 1.165) is 38.7 Å². The fraction of sp³-hybridized carbons (Fsp3) is 1.00. The Morgan fingerprint density at radius 3 is 2.17 bits per heavy atom. The Morgan fingerprint density at radius 1 is 0.833 bits per heavy atom. The summed E-state index contributed by atoms with van der Waals surface area (Å²) in [5.41, 5.74) is 0. The summed E-state index contributed by atoms with van der Waals surface area (Å²) in [7, 11) is 0. The average Bonchev–Trinajstić information content (AvgIpc) is 2.40. The van der Waals surface area contributed by atoms with Gasteiger partial charge in [0.2, 0.25) is 5.79 Å². The van der Waals surface area contributed by atoms with Crippen LogP contribution in [0.4, 0.5) is 0 Å². The van der Waals surface area contributed by atoms with Crippen molar-refractivity contribution in [3.8, 4) is 0 Å². The van der Waals surface area contributed by atoms with Gasteiger partial charge in [-0.3, -0.25) is 0 Å². The van der Waals surface area contributed by atoms with Gasteiger partial charge in [0.15, 0.2) is 0 Å². The van der Waals surface area contributed by atoms with Gasteiger partial charge < -0.3 is 4.74 Å². The highest BCUT2D eigenvalue weighted by Crippen LogP contribution is 2.39. The smallest absolute Gasteiger partial charge is 0.204 e. The summed E-state index contributed by atoms with van der Waals surface area (Å²) in [6.45, 7) is 0.733. The summed E-state index contributed by atoms with van der Waals surface area (Å²) in [5, 5.41) is 9.36. The van der Waals surface area contributed by atoms with E-state index in [-0.39, 0.29) is 0 Å². The molecule has 1 heterocycles. The SMILES string of the molecule is OO[C@]12CCCCCCCCCC[C@@H]1CCCO2. The Bertz CT molecular complexity index is 232. The molecule has 0 bridgehead atoms. The third-order valence-corrected chi connectivity index (χ3v) is 4.65.